The predicted octanol–water partition coefficient (Wildman–Crippen LogP) is 5.28. The summed E-state index contributed by atoms with van der Waals surface area (Å²) < 4.78 is 6.45. The van der Waals surface area contributed by atoms with Crippen LogP contribution in [0.4, 0.5) is 0 Å². The summed E-state index contributed by atoms with van der Waals surface area (Å²) in [5.74, 6) is 0.776. The van der Waals surface area contributed by atoms with Crippen LogP contribution in [0.2, 0.25) is 0 Å². The molecule has 0 aliphatic heterocycles. The number of ether oxygens (including phenoxy) is 1. The van der Waals surface area contributed by atoms with Crippen LogP contribution in [0.1, 0.15) is 18.7 Å². The highest BCUT2D eigenvalue weighted by atomic mass is 79.9. The van der Waals surface area contributed by atoms with Gasteiger partial charge in [0.15, 0.2) is 0 Å². The van der Waals surface area contributed by atoms with Crippen LogP contribution in [0.25, 0.3) is 22.0 Å². The average molecular weight is 463 g/mol. The summed E-state index contributed by atoms with van der Waals surface area (Å²) in [7, 11) is 0. The number of aryl methyl sites for hydroxylation is 1. The molecule has 1 aromatic heterocycles. The predicted molar refractivity (Wildman–Crippen MR) is 121 cm³/mol. The Balaban J connectivity index is 1.32. The Hall–Kier alpha value is -3.25. The molecule has 0 aliphatic rings. The molecule has 0 radical (unpaired) electrons. The number of aromatic nitrogens is 2. The van der Waals surface area contributed by atoms with Crippen molar-refractivity contribution in [2.24, 2.45) is 0 Å². The van der Waals surface area contributed by atoms with Gasteiger partial charge in [-0.05, 0) is 53.9 Å². The van der Waals surface area contributed by atoms with Gasteiger partial charge in [-0.2, -0.15) is 0 Å². The minimum absolute atomic E-state index is 0.163. The number of carbonyl (C=O) groups excluding carboxylic acids is 1. The SMILES string of the molecule is O=C(CCCc1nc2ccccc2c(=O)[nH]1)Oc1ccc(-c2ccc(Br)cc2)cc1. The fourth-order valence-electron chi connectivity index (χ4n) is 3.19. The maximum absolute atomic E-state index is 12.2. The highest BCUT2D eigenvalue weighted by molar-refractivity contribution is 9.10. The molecule has 1 heterocycles. The van der Waals surface area contributed by atoms with Crippen LogP contribution in [0.5, 0.6) is 5.75 Å². The molecule has 0 atom stereocenters. The molecule has 3 aromatic carbocycles. The number of nitrogens with one attached hydrogen (secondary N) is 1. The van der Waals surface area contributed by atoms with Crippen molar-refractivity contribution in [3.63, 3.8) is 0 Å². The van der Waals surface area contributed by atoms with E-state index < -0.39 is 0 Å². The van der Waals surface area contributed by atoms with E-state index in [2.05, 4.69) is 25.9 Å². The van der Waals surface area contributed by atoms with Crippen molar-refractivity contribution in [1.82, 2.24) is 9.97 Å². The number of carbonyl (C=O) groups is 1. The Labute approximate surface area is 181 Å². The molecule has 0 saturated heterocycles. The van der Waals surface area contributed by atoms with E-state index in [9.17, 15) is 9.59 Å². The van der Waals surface area contributed by atoms with Crippen LogP contribution in [-0.2, 0) is 11.2 Å². The van der Waals surface area contributed by atoms with E-state index in [1.165, 1.54) is 0 Å². The van der Waals surface area contributed by atoms with Crippen LogP contribution in [0.3, 0.4) is 0 Å². The summed E-state index contributed by atoms with van der Waals surface area (Å²) in [5.41, 5.74) is 2.63. The first kappa shape index (κ1) is 20.0. The van der Waals surface area contributed by atoms with Crippen LogP contribution in [-0.4, -0.2) is 15.9 Å². The van der Waals surface area contributed by atoms with E-state index in [4.69, 9.17) is 4.74 Å². The lowest BCUT2D eigenvalue weighted by molar-refractivity contribution is -0.134. The van der Waals surface area contributed by atoms with Crippen LogP contribution in [0.15, 0.2) is 82.1 Å². The summed E-state index contributed by atoms with van der Waals surface area (Å²) in [4.78, 5) is 31.5. The molecule has 0 amide bonds. The number of aromatic amines is 1. The van der Waals surface area contributed by atoms with Gasteiger partial charge in [-0.25, -0.2) is 4.98 Å². The van der Waals surface area contributed by atoms with Crippen molar-refractivity contribution in [3.05, 3.63) is 93.4 Å². The van der Waals surface area contributed by atoms with Crippen LogP contribution >= 0.6 is 15.9 Å². The highest BCUT2D eigenvalue weighted by Gasteiger charge is 2.08. The second-order valence-corrected chi connectivity index (χ2v) is 7.80. The Kier molecular flexibility index (Phi) is 6.05. The average Bonchev–Trinajstić information content (AvgIpc) is 2.75. The monoisotopic (exact) mass is 462 g/mol. The fourth-order valence-corrected chi connectivity index (χ4v) is 3.46. The third kappa shape index (κ3) is 4.83. The van der Waals surface area contributed by atoms with Gasteiger partial charge in [0, 0.05) is 17.3 Å². The lowest BCUT2D eigenvalue weighted by Crippen LogP contribution is -2.13. The molecule has 5 nitrogen and oxygen atoms in total. The maximum Gasteiger partial charge on any atom is 0.311 e. The number of fused-ring (bicyclic) bond motifs is 1. The van der Waals surface area contributed by atoms with Gasteiger partial charge in [0.1, 0.15) is 11.6 Å². The van der Waals surface area contributed by atoms with E-state index in [0.29, 0.717) is 35.3 Å². The fraction of sp³-hybridized carbons (Fsp3) is 0.125. The van der Waals surface area contributed by atoms with Crippen molar-refractivity contribution < 1.29 is 9.53 Å². The van der Waals surface area contributed by atoms with Crippen LogP contribution < -0.4 is 10.3 Å². The molecule has 0 bridgehead atoms. The Morgan fingerprint density at radius 2 is 1.60 bits per heavy atom. The van der Waals surface area contributed by atoms with Crippen molar-refractivity contribution in [2.75, 3.05) is 0 Å². The number of para-hydroxylation sites is 1. The number of halogens is 1. The van der Waals surface area contributed by atoms with Crippen molar-refractivity contribution in [3.8, 4) is 16.9 Å². The van der Waals surface area contributed by atoms with Gasteiger partial charge in [0.2, 0.25) is 0 Å². The standard InChI is InChI=1S/C24H19BrN2O3/c25-18-12-8-16(9-13-18)17-10-14-19(15-11-17)30-23(28)7-3-6-22-26-21-5-2-1-4-20(21)24(29)27-22/h1-2,4-5,8-15H,3,6-7H2,(H,26,27,29). The Bertz CT molecular complexity index is 1230. The summed E-state index contributed by atoms with van der Waals surface area (Å²) >= 11 is 3.43. The zero-order valence-corrected chi connectivity index (χ0v) is 17.7. The molecule has 0 aliphatic carbocycles. The van der Waals surface area contributed by atoms with Crippen LogP contribution in [0, 0.1) is 0 Å². The molecule has 6 heteroatoms. The van der Waals surface area contributed by atoms with E-state index >= 15 is 0 Å². The van der Waals surface area contributed by atoms with Gasteiger partial charge in [-0.15, -0.1) is 0 Å². The molecule has 0 fully saturated rings. The summed E-state index contributed by atoms with van der Waals surface area (Å²) in [5, 5.41) is 0.562. The highest BCUT2D eigenvalue weighted by Crippen LogP contribution is 2.24. The summed E-state index contributed by atoms with van der Waals surface area (Å²) in [6.07, 6.45) is 1.28. The first-order valence-electron chi connectivity index (χ1n) is 9.63. The molecule has 0 spiro atoms. The number of nitrogens with zero attached hydrogens (tertiary/aromatic N) is 1. The largest absolute Gasteiger partial charge is 0.427 e. The third-order valence-corrected chi connectivity index (χ3v) is 5.25. The van der Waals surface area contributed by atoms with Gasteiger partial charge in [-0.3, -0.25) is 9.59 Å². The third-order valence-electron chi connectivity index (χ3n) is 4.72. The summed E-state index contributed by atoms with van der Waals surface area (Å²) in [6.45, 7) is 0. The minimum atomic E-state index is -0.311. The molecule has 0 saturated carbocycles. The van der Waals surface area contributed by atoms with E-state index in [0.717, 1.165) is 15.6 Å². The quantitative estimate of drug-likeness (QED) is 0.312. The van der Waals surface area contributed by atoms with Gasteiger partial charge < -0.3 is 9.72 Å². The first-order chi connectivity index (χ1) is 14.6. The number of benzene rings is 3. The van der Waals surface area contributed by atoms with Gasteiger partial charge in [0.05, 0.1) is 10.9 Å². The maximum atomic E-state index is 12.2. The number of esters is 1. The van der Waals surface area contributed by atoms with Gasteiger partial charge >= 0.3 is 5.97 Å². The molecule has 30 heavy (non-hydrogen) atoms. The summed E-state index contributed by atoms with van der Waals surface area (Å²) in [6, 6.07) is 22.7. The van der Waals surface area contributed by atoms with Gasteiger partial charge in [0.25, 0.3) is 5.56 Å². The Morgan fingerprint density at radius 3 is 2.33 bits per heavy atom. The van der Waals surface area contributed by atoms with Crippen molar-refractivity contribution >= 4 is 32.8 Å². The lowest BCUT2D eigenvalue weighted by Gasteiger charge is -2.07. The van der Waals surface area contributed by atoms with Crippen molar-refractivity contribution in [1.29, 1.82) is 0 Å². The van der Waals surface area contributed by atoms with E-state index in [1.807, 2.05) is 42.5 Å². The van der Waals surface area contributed by atoms with Gasteiger partial charge in [-0.1, -0.05) is 52.3 Å². The smallest absolute Gasteiger partial charge is 0.311 e. The first-order valence-corrected chi connectivity index (χ1v) is 10.4. The number of H-pyrrole nitrogens is 1. The normalized spacial score (nSPS) is 10.8. The minimum Gasteiger partial charge on any atom is -0.427 e. The second-order valence-electron chi connectivity index (χ2n) is 6.89. The Morgan fingerprint density at radius 1 is 0.933 bits per heavy atom. The molecular weight excluding hydrogens is 444 g/mol. The lowest BCUT2D eigenvalue weighted by atomic mass is 10.1. The second kappa shape index (κ2) is 9.05. The molecule has 0 unspecified atom stereocenters. The molecule has 4 rings (SSSR count). The number of rotatable bonds is 6. The van der Waals surface area contributed by atoms with E-state index in [1.54, 1.807) is 30.3 Å². The number of hydrogen-bond donors (Lipinski definition) is 1. The topological polar surface area (TPSA) is 72.0 Å². The zero-order valence-electron chi connectivity index (χ0n) is 16.1. The number of hydrogen-bond acceptors (Lipinski definition) is 4. The molecule has 1 N–H and O–H groups in total. The molecular formula is C24H19BrN2O3. The van der Waals surface area contributed by atoms with Crippen molar-refractivity contribution in [2.45, 2.75) is 19.3 Å². The van der Waals surface area contributed by atoms with E-state index in [-0.39, 0.29) is 17.9 Å². The zero-order chi connectivity index (χ0) is 20.9. The molecule has 4 aromatic rings. The molecule has 150 valence electrons.